The van der Waals surface area contributed by atoms with Crippen LogP contribution in [0.2, 0.25) is 0 Å². The first kappa shape index (κ1) is 15.1. The minimum atomic E-state index is -1.07. The second-order valence-corrected chi connectivity index (χ2v) is 5.42. The Morgan fingerprint density at radius 2 is 1.96 bits per heavy atom. The number of aryl methyl sites for hydroxylation is 2. The molecule has 0 bridgehead atoms. The van der Waals surface area contributed by atoms with Gasteiger partial charge in [-0.25, -0.2) is 13.8 Å². The van der Waals surface area contributed by atoms with Crippen molar-refractivity contribution >= 4 is 23.0 Å². The molecule has 4 N–H and O–H groups in total. The number of hydrogen-bond donors (Lipinski definition) is 3. The number of nitrogen functional groups attached to an aromatic ring is 1. The molecule has 0 saturated heterocycles. The van der Waals surface area contributed by atoms with E-state index in [2.05, 4.69) is 10.3 Å². The first-order chi connectivity index (χ1) is 10.9. The number of carbonyl (C=O) groups excluding carboxylic acids is 1. The van der Waals surface area contributed by atoms with Crippen LogP contribution in [0.3, 0.4) is 0 Å². The molecule has 1 aromatic heterocycles. The Hall–Kier alpha value is -2.83. The molecule has 7 heteroatoms. The predicted octanol–water partition coefficient (Wildman–Crippen LogP) is 2.55. The van der Waals surface area contributed by atoms with Gasteiger partial charge >= 0.3 is 0 Å². The smallest absolute Gasteiger partial charge is 0.224 e. The zero-order valence-electron chi connectivity index (χ0n) is 12.3. The van der Waals surface area contributed by atoms with E-state index in [-0.39, 0.29) is 22.9 Å². The van der Waals surface area contributed by atoms with Gasteiger partial charge in [0.25, 0.3) is 0 Å². The van der Waals surface area contributed by atoms with E-state index in [0.29, 0.717) is 29.9 Å². The maximum Gasteiger partial charge on any atom is 0.224 e. The Labute approximate surface area is 131 Å². The molecule has 0 aliphatic carbocycles. The van der Waals surface area contributed by atoms with Crippen molar-refractivity contribution in [2.24, 2.45) is 0 Å². The number of carbonyl (C=O) groups is 1. The molecule has 2 aromatic rings. The molecule has 118 valence electrons. The molecule has 3 rings (SSSR count). The summed E-state index contributed by atoms with van der Waals surface area (Å²) >= 11 is 0. The van der Waals surface area contributed by atoms with E-state index in [1.54, 1.807) is 13.0 Å². The predicted molar refractivity (Wildman–Crippen MR) is 82.6 cm³/mol. The van der Waals surface area contributed by atoms with E-state index in [4.69, 9.17) is 11.1 Å². The lowest BCUT2D eigenvalue weighted by atomic mass is 10.00. The van der Waals surface area contributed by atoms with Crippen molar-refractivity contribution in [1.29, 1.82) is 5.41 Å². The maximum atomic E-state index is 13.4. The average molecular weight is 316 g/mol. The molecular formula is C16H14F2N4O. The summed E-state index contributed by atoms with van der Waals surface area (Å²) in [5, 5.41) is 11.0. The van der Waals surface area contributed by atoms with Gasteiger partial charge in [0, 0.05) is 30.2 Å². The van der Waals surface area contributed by atoms with Crippen molar-refractivity contribution < 1.29 is 13.6 Å². The Morgan fingerprint density at radius 1 is 1.26 bits per heavy atom. The van der Waals surface area contributed by atoms with Gasteiger partial charge < -0.3 is 11.1 Å². The van der Waals surface area contributed by atoms with E-state index < -0.39 is 11.6 Å². The van der Waals surface area contributed by atoms with Crippen molar-refractivity contribution in [3.8, 4) is 0 Å². The number of nitrogens with one attached hydrogen (secondary N) is 2. The van der Waals surface area contributed by atoms with Crippen molar-refractivity contribution in [3.05, 3.63) is 52.3 Å². The van der Waals surface area contributed by atoms with Gasteiger partial charge in [0.15, 0.2) is 11.6 Å². The molecule has 0 unspecified atom stereocenters. The molecule has 0 atom stereocenters. The number of rotatable bonds is 2. The van der Waals surface area contributed by atoms with Crippen LogP contribution < -0.4 is 11.1 Å². The third-order valence-corrected chi connectivity index (χ3v) is 3.76. The molecule has 0 saturated carbocycles. The van der Waals surface area contributed by atoms with E-state index in [1.807, 2.05) is 0 Å². The number of benzene rings is 1. The number of nitrogens with zero attached hydrogens (tertiary/aromatic N) is 1. The van der Waals surface area contributed by atoms with Crippen LogP contribution in [0.4, 0.5) is 20.2 Å². The molecule has 5 nitrogen and oxygen atoms in total. The first-order valence-corrected chi connectivity index (χ1v) is 7.01. The summed E-state index contributed by atoms with van der Waals surface area (Å²) in [5.74, 6) is -2.20. The molecule has 1 aliphatic heterocycles. The topological polar surface area (TPSA) is 91.9 Å². The monoisotopic (exact) mass is 316 g/mol. The van der Waals surface area contributed by atoms with Gasteiger partial charge in [0.2, 0.25) is 5.91 Å². The van der Waals surface area contributed by atoms with Crippen LogP contribution in [0.25, 0.3) is 0 Å². The number of fused-ring (bicyclic) bond motifs is 1. The third kappa shape index (κ3) is 2.65. The van der Waals surface area contributed by atoms with E-state index in [1.165, 1.54) is 0 Å². The molecule has 23 heavy (non-hydrogen) atoms. The summed E-state index contributed by atoms with van der Waals surface area (Å²) in [6.45, 7) is 1.79. The minimum absolute atomic E-state index is 0.0284. The van der Waals surface area contributed by atoms with Gasteiger partial charge in [0.05, 0.1) is 22.8 Å². The second-order valence-electron chi connectivity index (χ2n) is 5.42. The van der Waals surface area contributed by atoms with Gasteiger partial charge in [-0.05, 0) is 24.6 Å². The summed E-state index contributed by atoms with van der Waals surface area (Å²) in [6, 6.07) is 3.36. The number of anilines is 2. The highest BCUT2D eigenvalue weighted by Gasteiger charge is 2.21. The highest BCUT2D eigenvalue weighted by atomic mass is 19.2. The summed E-state index contributed by atoms with van der Waals surface area (Å²) in [4.78, 5) is 15.8. The largest absolute Gasteiger partial charge is 0.398 e. The molecule has 1 amide bonds. The van der Waals surface area contributed by atoms with Crippen molar-refractivity contribution in [1.82, 2.24) is 4.98 Å². The Morgan fingerprint density at radius 3 is 2.70 bits per heavy atom. The third-order valence-electron chi connectivity index (χ3n) is 3.76. The Kier molecular flexibility index (Phi) is 3.55. The van der Waals surface area contributed by atoms with Crippen LogP contribution in [0, 0.1) is 24.0 Å². The molecule has 0 fully saturated rings. The SMILES string of the molecule is Cc1cc(C(=N)c2cc(F)c(F)cc2N)nc2c1NC(=O)CC2. The number of halogens is 2. The number of nitrogens with two attached hydrogens (primary N) is 1. The van der Waals surface area contributed by atoms with Crippen LogP contribution in [0.5, 0.6) is 0 Å². The highest BCUT2D eigenvalue weighted by molar-refractivity contribution is 6.13. The first-order valence-electron chi connectivity index (χ1n) is 7.01. The lowest BCUT2D eigenvalue weighted by Gasteiger charge is -2.19. The fourth-order valence-electron chi connectivity index (χ4n) is 2.57. The highest BCUT2D eigenvalue weighted by Crippen LogP contribution is 2.27. The van der Waals surface area contributed by atoms with Crippen molar-refractivity contribution in [3.63, 3.8) is 0 Å². The molecule has 1 aliphatic rings. The Bertz CT molecular complexity index is 848. The second kappa shape index (κ2) is 5.42. The van der Waals surface area contributed by atoms with Crippen LogP contribution in [-0.4, -0.2) is 16.6 Å². The summed E-state index contributed by atoms with van der Waals surface area (Å²) in [7, 11) is 0. The van der Waals surface area contributed by atoms with Gasteiger partial charge in [0.1, 0.15) is 0 Å². The van der Waals surface area contributed by atoms with Gasteiger partial charge in [-0.1, -0.05) is 0 Å². The summed E-state index contributed by atoms with van der Waals surface area (Å²) < 4.78 is 26.6. The van der Waals surface area contributed by atoms with Crippen molar-refractivity contribution in [2.45, 2.75) is 19.8 Å². The fourth-order valence-corrected chi connectivity index (χ4v) is 2.57. The average Bonchev–Trinajstić information content (AvgIpc) is 2.50. The van der Waals surface area contributed by atoms with E-state index >= 15 is 0 Å². The van der Waals surface area contributed by atoms with Crippen LogP contribution >= 0.6 is 0 Å². The number of amides is 1. The molecular weight excluding hydrogens is 302 g/mol. The molecule has 1 aromatic carbocycles. The fraction of sp³-hybridized carbons (Fsp3) is 0.188. The molecule has 0 radical (unpaired) electrons. The van der Waals surface area contributed by atoms with Crippen molar-refractivity contribution in [2.75, 3.05) is 11.1 Å². The lowest BCUT2D eigenvalue weighted by Crippen LogP contribution is -2.22. The summed E-state index contributed by atoms with van der Waals surface area (Å²) in [5.41, 5.74) is 8.02. The zero-order valence-corrected chi connectivity index (χ0v) is 12.3. The van der Waals surface area contributed by atoms with E-state index in [0.717, 1.165) is 17.7 Å². The zero-order chi connectivity index (χ0) is 16.7. The maximum absolute atomic E-state index is 13.4. The number of hydrogen-bond acceptors (Lipinski definition) is 4. The minimum Gasteiger partial charge on any atom is -0.398 e. The lowest BCUT2D eigenvalue weighted by molar-refractivity contribution is -0.116. The van der Waals surface area contributed by atoms with Crippen LogP contribution in [0.15, 0.2) is 18.2 Å². The Balaban J connectivity index is 2.06. The quantitative estimate of drug-likeness (QED) is 0.587. The van der Waals surface area contributed by atoms with Crippen LogP contribution in [0.1, 0.15) is 28.9 Å². The van der Waals surface area contributed by atoms with Crippen LogP contribution in [-0.2, 0) is 11.2 Å². The standard InChI is InChI=1S/C16H14F2N4O/c1-7-4-13(21-12-2-3-14(23)22-16(7)12)15(20)8-5-9(17)10(18)6-11(8)19/h4-6,20H,2-3,19H2,1H3,(H,22,23). The number of pyridine rings is 1. The van der Waals surface area contributed by atoms with E-state index in [9.17, 15) is 13.6 Å². The summed E-state index contributed by atoms with van der Waals surface area (Å²) in [6.07, 6.45) is 0.792. The molecule has 2 heterocycles. The van der Waals surface area contributed by atoms with Gasteiger partial charge in [-0.15, -0.1) is 0 Å². The van der Waals surface area contributed by atoms with Gasteiger partial charge in [-0.2, -0.15) is 0 Å². The molecule has 0 spiro atoms. The normalized spacial score (nSPS) is 13.4. The van der Waals surface area contributed by atoms with Gasteiger partial charge in [-0.3, -0.25) is 10.2 Å². The number of aromatic nitrogens is 1.